The number of hydrazone groups is 1. The Morgan fingerprint density at radius 2 is 1.55 bits per heavy atom. The van der Waals surface area contributed by atoms with Crippen LogP contribution in [0.25, 0.3) is 6.08 Å². The average Bonchev–Trinajstić information content (AvgIpc) is 3.05. The Morgan fingerprint density at radius 3 is 2.03 bits per heavy atom. The number of amides is 1. The van der Waals surface area contributed by atoms with Crippen LogP contribution in [0.2, 0.25) is 0 Å². The normalized spacial score (nSPS) is 15.5. The van der Waals surface area contributed by atoms with E-state index in [-0.39, 0.29) is 22.7 Å². The van der Waals surface area contributed by atoms with Gasteiger partial charge >= 0.3 is 6.18 Å². The van der Waals surface area contributed by atoms with Gasteiger partial charge in [0.05, 0.1) is 38.2 Å². The van der Waals surface area contributed by atoms with E-state index < -0.39 is 23.4 Å². The van der Waals surface area contributed by atoms with Gasteiger partial charge in [-0.1, -0.05) is 18.2 Å². The minimum atomic E-state index is -4.84. The SMILES string of the molecule is COc1cc(OC)c(/C=C2\C(=O)N(c3ccccc3)N=C2C(F)(F)F)c(OC)c1. The third-order valence-electron chi connectivity index (χ3n) is 4.19. The Bertz CT molecular complexity index is 960. The summed E-state index contributed by atoms with van der Waals surface area (Å²) in [4.78, 5) is 12.8. The van der Waals surface area contributed by atoms with E-state index in [4.69, 9.17) is 14.2 Å². The van der Waals surface area contributed by atoms with E-state index in [1.54, 1.807) is 18.2 Å². The second-order valence-corrected chi connectivity index (χ2v) is 5.90. The van der Waals surface area contributed by atoms with Crippen molar-refractivity contribution in [3.05, 3.63) is 53.6 Å². The number of nitrogens with zero attached hydrogens (tertiary/aromatic N) is 2. The molecule has 0 radical (unpaired) electrons. The van der Waals surface area contributed by atoms with Crippen LogP contribution < -0.4 is 19.2 Å². The fourth-order valence-corrected chi connectivity index (χ4v) is 2.82. The molecule has 0 bridgehead atoms. The first-order valence-electron chi connectivity index (χ1n) is 8.37. The summed E-state index contributed by atoms with van der Waals surface area (Å²) in [5.41, 5.74) is -1.54. The molecule has 3 rings (SSSR count). The summed E-state index contributed by atoms with van der Waals surface area (Å²) in [6, 6.07) is 10.8. The van der Waals surface area contributed by atoms with Gasteiger partial charge < -0.3 is 14.2 Å². The first-order chi connectivity index (χ1) is 13.8. The summed E-state index contributed by atoms with van der Waals surface area (Å²) in [7, 11) is 4.13. The van der Waals surface area contributed by atoms with Crippen molar-refractivity contribution in [2.45, 2.75) is 6.18 Å². The molecule has 0 saturated carbocycles. The van der Waals surface area contributed by atoms with Crippen LogP contribution in [0.1, 0.15) is 5.56 Å². The number of hydrogen-bond donors (Lipinski definition) is 0. The Morgan fingerprint density at radius 1 is 0.966 bits per heavy atom. The van der Waals surface area contributed by atoms with Gasteiger partial charge in [-0.05, 0) is 18.2 Å². The molecule has 2 aromatic carbocycles. The Kier molecular flexibility index (Phi) is 5.49. The molecule has 0 unspecified atom stereocenters. The van der Waals surface area contributed by atoms with Crippen LogP contribution in [0, 0.1) is 0 Å². The van der Waals surface area contributed by atoms with Gasteiger partial charge in [-0.15, -0.1) is 0 Å². The number of para-hydroxylation sites is 1. The Balaban J connectivity index is 2.18. The van der Waals surface area contributed by atoms with E-state index in [0.717, 1.165) is 11.1 Å². The third kappa shape index (κ3) is 3.89. The summed E-state index contributed by atoms with van der Waals surface area (Å²) < 4.78 is 56.5. The maximum absolute atomic E-state index is 13.6. The highest BCUT2D eigenvalue weighted by Gasteiger charge is 2.47. The minimum Gasteiger partial charge on any atom is -0.496 e. The quantitative estimate of drug-likeness (QED) is 0.703. The topological polar surface area (TPSA) is 60.4 Å². The lowest BCUT2D eigenvalue weighted by Gasteiger charge is -2.14. The molecule has 0 aliphatic carbocycles. The molecule has 9 heteroatoms. The second-order valence-electron chi connectivity index (χ2n) is 5.90. The maximum Gasteiger partial charge on any atom is 0.435 e. The molecule has 0 atom stereocenters. The first kappa shape index (κ1) is 20.2. The molecular weight excluding hydrogens is 389 g/mol. The van der Waals surface area contributed by atoms with E-state index in [2.05, 4.69) is 5.10 Å². The van der Waals surface area contributed by atoms with Crippen LogP contribution in [0.3, 0.4) is 0 Å². The monoisotopic (exact) mass is 406 g/mol. The zero-order valence-corrected chi connectivity index (χ0v) is 15.8. The van der Waals surface area contributed by atoms with Gasteiger partial charge in [0, 0.05) is 12.1 Å². The molecule has 2 aromatic rings. The lowest BCUT2D eigenvalue weighted by Crippen LogP contribution is -2.25. The second kappa shape index (κ2) is 7.86. The molecule has 1 heterocycles. The summed E-state index contributed by atoms with van der Waals surface area (Å²) >= 11 is 0. The van der Waals surface area contributed by atoms with Crippen LogP contribution in [-0.2, 0) is 4.79 Å². The summed E-state index contributed by atoms with van der Waals surface area (Å²) in [6.45, 7) is 0. The Labute approximate surface area is 164 Å². The molecule has 0 aromatic heterocycles. The molecule has 0 N–H and O–H groups in total. The van der Waals surface area contributed by atoms with Gasteiger partial charge in [0.15, 0.2) is 5.71 Å². The van der Waals surface area contributed by atoms with E-state index in [1.165, 1.54) is 45.6 Å². The predicted molar refractivity (Wildman–Crippen MR) is 101 cm³/mol. The number of anilines is 1. The number of methoxy groups -OCH3 is 3. The number of hydrogen-bond acceptors (Lipinski definition) is 5. The van der Waals surface area contributed by atoms with Crippen molar-refractivity contribution in [3.63, 3.8) is 0 Å². The van der Waals surface area contributed by atoms with Gasteiger partial charge in [-0.2, -0.15) is 23.3 Å². The van der Waals surface area contributed by atoms with Crippen molar-refractivity contribution in [1.29, 1.82) is 0 Å². The fourth-order valence-electron chi connectivity index (χ4n) is 2.82. The number of benzene rings is 2. The van der Waals surface area contributed by atoms with Crippen molar-refractivity contribution in [1.82, 2.24) is 0 Å². The molecular formula is C20H17F3N2O4. The molecule has 6 nitrogen and oxygen atoms in total. The lowest BCUT2D eigenvalue weighted by atomic mass is 10.0. The molecule has 0 spiro atoms. The van der Waals surface area contributed by atoms with Gasteiger partial charge in [0.1, 0.15) is 17.2 Å². The summed E-state index contributed by atoms with van der Waals surface area (Å²) in [5, 5.41) is 4.25. The largest absolute Gasteiger partial charge is 0.496 e. The number of carbonyl (C=O) groups is 1. The number of halogens is 3. The highest BCUT2D eigenvalue weighted by Crippen LogP contribution is 2.38. The summed E-state index contributed by atoms with van der Waals surface area (Å²) in [5.74, 6) is -0.167. The van der Waals surface area contributed by atoms with E-state index in [1.807, 2.05) is 0 Å². The highest BCUT2D eigenvalue weighted by atomic mass is 19.4. The van der Waals surface area contributed by atoms with E-state index >= 15 is 0 Å². The molecule has 0 saturated heterocycles. The van der Waals surface area contributed by atoms with Crippen molar-refractivity contribution in [2.24, 2.45) is 5.10 Å². The number of alkyl halides is 3. The van der Waals surface area contributed by atoms with Gasteiger partial charge in [0.2, 0.25) is 0 Å². The third-order valence-corrected chi connectivity index (χ3v) is 4.19. The molecule has 1 aliphatic heterocycles. The number of carbonyl (C=O) groups excluding carboxylic acids is 1. The predicted octanol–water partition coefficient (Wildman–Crippen LogP) is 4.06. The summed E-state index contributed by atoms with van der Waals surface area (Å²) in [6.07, 6.45) is -3.77. The molecule has 152 valence electrons. The zero-order valence-electron chi connectivity index (χ0n) is 15.8. The zero-order chi connectivity index (χ0) is 21.2. The average molecular weight is 406 g/mol. The van der Waals surface area contributed by atoms with Crippen molar-refractivity contribution >= 4 is 23.4 Å². The smallest absolute Gasteiger partial charge is 0.435 e. The van der Waals surface area contributed by atoms with E-state index in [9.17, 15) is 18.0 Å². The highest BCUT2D eigenvalue weighted by molar-refractivity contribution is 6.34. The van der Waals surface area contributed by atoms with Gasteiger partial charge in [-0.3, -0.25) is 4.79 Å². The molecule has 1 amide bonds. The number of ether oxygens (including phenoxy) is 3. The van der Waals surface area contributed by atoms with Crippen LogP contribution in [-0.4, -0.2) is 39.1 Å². The first-order valence-corrected chi connectivity index (χ1v) is 8.37. The minimum absolute atomic E-state index is 0.158. The van der Waals surface area contributed by atoms with Crippen LogP contribution in [0.15, 0.2) is 53.1 Å². The van der Waals surface area contributed by atoms with Crippen LogP contribution in [0.4, 0.5) is 18.9 Å². The van der Waals surface area contributed by atoms with Gasteiger partial charge in [-0.25, -0.2) is 0 Å². The maximum atomic E-state index is 13.6. The van der Waals surface area contributed by atoms with Crippen LogP contribution in [0.5, 0.6) is 17.2 Å². The van der Waals surface area contributed by atoms with Crippen molar-refractivity contribution in [2.75, 3.05) is 26.3 Å². The van der Waals surface area contributed by atoms with Crippen LogP contribution >= 0.6 is 0 Å². The van der Waals surface area contributed by atoms with Crippen molar-refractivity contribution < 1.29 is 32.2 Å². The lowest BCUT2D eigenvalue weighted by molar-refractivity contribution is -0.114. The number of rotatable bonds is 5. The molecule has 1 aliphatic rings. The Hall–Kier alpha value is -3.49. The van der Waals surface area contributed by atoms with Gasteiger partial charge in [0.25, 0.3) is 5.91 Å². The van der Waals surface area contributed by atoms with E-state index in [0.29, 0.717) is 5.75 Å². The molecule has 29 heavy (non-hydrogen) atoms. The molecule has 0 fully saturated rings. The fraction of sp³-hybridized carbons (Fsp3) is 0.200. The van der Waals surface area contributed by atoms with Crippen molar-refractivity contribution in [3.8, 4) is 17.2 Å². The standard InChI is InChI=1S/C20H17F3N2O4/c1-27-13-9-16(28-2)14(17(10-13)29-3)11-15-18(20(21,22)23)24-25(19(15)26)12-7-5-4-6-8-12/h4-11H,1-3H3/b15-11-.